The maximum atomic E-state index is 11.9. The summed E-state index contributed by atoms with van der Waals surface area (Å²) >= 11 is 0. The summed E-state index contributed by atoms with van der Waals surface area (Å²) in [7, 11) is -16.6. The van der Waals surface area contributed by atoms with Crippen LogP contribution in [0.3, 0.4) is 0 Å². The fraction of sp³-hybridized carbons (Fsp3) is 0.800. The zero-order valence-corrected chi connectivity index (χ0v) is 20.3. The van der Waals surface area contributed by atoms with Crippen molar-refractivity contribution in [1.82, 2.24) is 10.2 Å². The number of ether oxygens (including phenoxy) is 1. The van der Waals surface area contributed by atoms with Crippen molar-refractivity contribution in [3.8, 4) is 0 Å². The number of phosphoric acid groups is 3. The van der Waals surface area contributed by atoms with Crippen LogP contribution in [0.4, 0.5) is 4.79 Å². The molecule has 0 spiro atoms. The first kappa shape index (κ1) is 28.3. The van der Waals surface area contributed by atoms with Crippen LogP contribution in [0.15, 0.2) is 0 Å². The molecule has 1 radical (unpaired) electrons. The van der Waals surface area contributed by atoms with Crippen LogP contribution < -0.4 is 5.32 Å². The van der Waals surface area contributed by atoms with Crippen LogP contribution >= 0.6 is 23.5 Å². The molecule has 6 atom stereocenters. The van der Waals surface area contributed by atoms with Crippen molar-refractivity contribution in [2.24, 2.45) is 5.92 Å². The SMILES string of the molecule is CC1CN([C@H]2C[C@H](O)[C@@H](COP(=O)(O)OP(=O)(O)OP(=O)(O)O)O2)C(=O)NC1=O.[Na]. The Hall–Kier alpha value is 0.270. The monoisotopic (exact) mass is 507 g/mol. The topological polar surface area (TPSA) is 239 Å². The number of nitrogens with one attached hydrogen (secondary N) is 1. The Kier molecular flexibility index (Phi) is 9.88. The molecule has 169 valence electrons. The van der Waals surface area contributed by atoms with Crippen LogP contribution in [-0.4, -0.2) is 103 Å². The molecule has 0 aromatic carbocycles. The summed E-state index contributed by atoms with van der Waals surface area (Å²) in [5, 5.41) is 12.1. The minimum Gasteiger partial charge on any atom is -0.390 e. The van der Waals surface area contributed by atoms with Gasteiger partial charge in [-0.3, -0.25) is 19.5 Å². The summed E-state index contributed by atoms with van der Waals surface area (Å²) in [6.45, 7) is 0.711. The predicted molar refractivity (Wildman–Crippen MR) is 94.3 cm³/mol. The number of hydrogen-bond donors (Lipinski definition) is 6. The number of carbonyl (C=O) groups excluding carboxylic acids is 2. The molecule has 3 amide bonds. The molecule has 0 saturated carbocycles. The minimum atomic E-state index is -5.66. The Balaban J connectivity index is 0.00000450. The van der Waals surface area contributed by atoms with E-state index >= 15 is 0 Å². The molecule has 20 heteroatoms. The summed E-state index contributed by atoms with van der Waals surface area (Å²) in [4.78, 5) is 59.9. The van der Waals surface area contributed by atoms with Crippen LogP contribution in [0, 0.1) is 5.92 Å². The molecule has 2 saturated heterocycles. The van der Waals surface area contributed by atoms with Gasteiger partial charge in [-0.2, -0.15) is 8.62 Å². The Bertz CT molecular complexity index is 805. The first-order chi connectivity index (χ1) is 13.1. The molecule has 2 heterocycles. The first-order valence-electron chi connectivity index (χ1n) is 7.82. The number of phosphoric ester groups is 1. The minimum absolute atomic E-state index is 0. The third-order valence-electron chi connectivity index (χ3n) is 3.78. The Morgan fingerprint density at radius 3 is 2.30 bits per heavy atom. The van der Waals surface area contributed by atoms with Gasteiger partial charge in [0.1, 0.15) is 12.3 Å². The third-order valence-corrected chi connectivity index (χ3v) is 7.58. The molecule has 0 aromatic rings. The third kappa shape index (κ3) is 8.32. The van der Waals surface area contributed by atoms with Gasteiger partial charge < -0.3 is 29.4 Å². The molecule has 2 aliphatic rings. The normalized spacial score (nSPS) is 31.5. The molecule has 0 bridgehead atoms. The molecule has 2 aliphatic heterocycles. The van der Waals surface area contributed by atoms with Gasteiger partial charge in [0.15, 0.2) is 0 Å². The number of nitrogens with zero attached hydrogens (tertiary/aromatic N) is 1. The van der Waals surface area contributed by atoms with Crippen LogP contribution in [0.25, 0.3) is 0 Å². The molecule has 0 aliphatic carbocycles. The van der Waals surface area contributed by atoms with Gasteiger partial charge in [-0.15, -0.1) is 0 Å². The van der Waals surface area contributed by atoms with Gasteiger partial charge >= 0.3 is 29.5 Å². The number of aliphatic hydroxyl groups is 1. The first-order valence-corrected chi connectivity index (χ1v) is 12.3. The van der Waals surface area contributed by atoms with E-state index in [4.69, 9.17) is 19.4 Å². The maximum absolute atomic E-state index is 11.9. The van der Waals surface area contributed by atoms with E-state index in [0.29, 0.717) is 0 Å². The fourth-order valence-electron chi connectivity index (χ4n) is 2.54. The number of aliphatic hydroxyl groups excluding tert-OH is 1. The van der Waals surface area contributed by atoms with Gasteiger partial charge in [0.05, 0.1) is 18.6 Å². The zero-order chi connectivity index (χ0) is 22.2. The van der Waals surface area contributed by atoms with Crippen molar-refractivity contribution in [3.05, 3.63) is 0 Å². The van der Waals surface area contributed by atoms with E-state index in [0.717, 1.165) is 4.90 Å². The van der Waals surface area contributed by atoms with Crippen molar-refractivity contribution in [2.45, 2.75) is 31.8 Å². The van der Waals surface area contributed by atoms with E-state index in [1.54, 1.807) is 6.92 Å². The molecule has 2 fully saturated rings. The van der Waals surface area contributed by atoms with Crippen LogP contribution in [0.5, 0.6) is 0 Å². The molecule has 6 N–H and O–H groups in total. The maximum Gasteiger partial charge on any atom is 0.490 e. The van der Waals surface area contributed by atoms with Crippen molar-refractivity contribution < 1.29 is 65.8 Å². The largest absolute Gasteiger partial charge is 0.490 e. The summed E-state index contributed by atoms with van der Waals surface area (Å²) in [6.07, 6.45) is -3.67. The second-order valence-corrected chi connectivity index (χ2v) is 10.6. The van der Waals surface area contributed by atoms with Crippen molar-refractivity contribution in [1.29, 1.82) is 0 Å². The fourth-order valence-corrected chi connectivity index (χ4v) is 5.57. The van der Waals surface area contributed by atoms with Crippen molar-refractivity contribution >= 4 is 65.0 Å². The predicted octanol–water partition coefficient (Wildman–Crippen LogP) is -1.39. The molecule has 16 nitrogen and oxygen atoms in total. The Labute approximate surface area is 191 Å². The average Bonchev–Trinajstić information content (AvgIpc) is 2.86. The summed E-state index contributed by atoms with van der Waals surface area (Å²) < 4.78 is 50.4. The van der Waals surface area contributed by atoms with Gasteiger partial charge in [-0.25, -0.2) is 18.5 Å². The van der Waals surface area contributed by atoms with E-state index < -0.39 is 66.4 Å². The quantitative estimate of drug-likeness (QED) is 0.164. The molecular formula is C10H19N2NaO14P3. The number of amides is 3. The second kappa shape index (κ2) is 10.5. The number of urea groups is 1. The number of imide groups is 1. The van der Waals surface area contributed by atoms with E-state index in [2.05, 4.69) is 18.5 Å². The van der Waals surface area contributed by atoms with Crippen molar-refractivity contribution in [3.63, 3.8) is 0 Å². The van der Waals surface area contributed by atoms with Crippen LogP contribution in [-0.2, 0) is 36.4 Å². The Morgan fingerprint density at radius 2 is 1.73 bits per heavy atom. The van der Waals surface area contributed by atoms with Crippen LogP contribution in [0.2, 0.25) is 0 Å². The van der Waals surface area contributed by atoms with Gasteiger partial charge in [0.2, 0.25) is 5.91 Å². The van der Waals surface area contributed by atoms with Crippen LogP contribution in [0.1, 0.15) is 13.3 Å². The molecular weight excluding hydrogens is 488 g/mol. The summed E-state index contributed by atoms with van der Waals surface area (Å²) in [5.41, 5.74) is 0. The van der Waals surface area contributed by atoms with Crippen molar-refractivity contribution in [2.75, 3.05) is 13.2 Å². The molecule has 0 aromatic heterocycles. The zero-order valence-electron chi connectivity index (χ0n) is 15.6. The van der Waals surface area contributed by atoms with E-state index in [1.807, 2.05) is 0 Å². The van der Waals surface area contributed by atoms with Gasteiger partial charge in [-0.05, 0) is 0 Å². The van der Waals surface area contributed by atoms with Gasteiger partial charge in [0.25, 0.3) is 0 Å². The second-order valence-electron chi connectivity index (χ2n) is 6.17. The average molecular weight is 507 g/mol. The number of rotatable bonds is 8. The smallest absolute Gasteiger partial charge is 0.390 e. The number of hydrogen-bond acceptors (Lipinski definition) is 10. The van der Waals surface area contributed by atoms with E-state index in [1.165, 1.54) is 0 Å². The molecule has 2 rings (SSSR count). The summed E-state index contributed by atoms with van der Waals surface area (Å²) in [5.74, 6) is -1.02. The number of carbonyl (C=O) groups is 2. The van der Waals surface area contributed by atoms with E-state index in [-0.39, 0.29) is 42.5 Å². The van der Waals surface area contributed by atoms with Gasteiger partial charge in [0, 0.05) is 42.5 Å². The Morgan fingerprint density at radius 1 is 1.13 bits per heavy atom. The standard InChI is InChI=1S/C10H19N2O14P3.Na/c1-5-3-12(10(15)11-9(5)14)8-2-6(13)7(24-8)4-23-28(19,20)26-29(21,22)25-27(16,17)18;/h5-8,13H,2-4H2,1H3,(H,19,20)(H,21,22)(H,11,14,15)(H2,16,17,18);/t5?,6-,7+,8+;/m0./s1. The van der Waals surface area contributed by atoms with Gasteiger partial charge in [-0.1, -0.05) is 6.92 Å². The molecule has 3 unspecified atom stereocenters. The van der Waals surface area contributed by atoms with E-state index in [9.17, 15) is 33.3 Å². The molecule has 30 heavy (non-hydrogen) atoms. The summed E-state index contributed by atoms with van der Waals surface area (Å²) in [6, 6.07) is -0.751.